The van der Waals surface area contributed by atoms with E-state index in [-0.39, 0.29) is 36.5 Å². The second-order valence-corrected chi connectivity index (χ2v) is 6.49. The van der Waals surface area contributed by atoms with Gasteiger partial charge in [0.25, 0.3) is 5.56 Å². The first kappa shape index (κ1) is 19.7. The molecule has 28 heavy (non-hydrogen) atoms. The topological polar surface area (TPSA) is 64.0 Å². The summed E-state index contributed by atoms with van der Waals surface area (Å²) in [5.41, 5.74) is 1.13. The Labute approximate surface area is 164 Å². The average Bonchev–Trinajstić information content (AvgIpc) is 2.66. The molecule has 0 spiro atoms. The van der Waals surface area contributed by atoms with Crippen molar-refractivity contribution in [2.75, 3.05) is 0 Å². The maximum absolute atomic E-state index is 13.6. The van der Waals surface area contributed by atoms with E-state index < -0.39 is 11.6 Å². The van der Waals surface area contributed by atoms with Gasteiger partial charge in [-0.25, -0.2) is 13.5 Å². The molecule has 0 aliphatic carbocycles. The van der Waals surface area contributed by atoms with Crippen molar-refractivity contribution in [1.82, 2.24) is 15.1 Å². The molecule has 3 rings (SSSR count). The van der Waals surface area contributed by atoms with Crippen molar-refractivity contribution in [3.8, 4) is 11.3 Å². The molecule has 0 saturated heterocycles. The second-order valence-electron chi connectivity index (χ2n) is 6.05. The highest BCUT2D eigenvalue weighted by Gasteiger charge is 2.09. The molecule has 5 nitrogen and oxygen atoms in total. The first-order valence-electron chi connectivity index (χ1n) is 8.47. The molecular weight excluding hydrogens is 388 g/mol. The van der Waals surface area contributed by atoms with Crippen LogP contribution >= 0.6 is 11.6 Å². The van der Waals surface area contributed by atoms with Crippen molar-refractivity contribution in [2.24, 2.45) is 0 Å². The SMILES string of the molecule is O=C(CCn1nc(-c2cccc(Cl)c2)ccc1=O)NCc1ccc(F)cc1F. The van der Waals surface area contributed by atoms with E-state index in [9.17, 15) is 18.4 Å². The van der Waals surface area contributed by atoms with Gasteiger partial charge < -0.3 is 5.32 Å². The standard InChI is InChI=1S/C20H16ClF2N3O2/c21-15-3-1-2-13(10-15)18-6-7-20(28)26(25-18)9-8-19(27)24-12-14-4-5-16(22)11-17(14)23/h1-7,10-11H,8-9,12H2,(H,24,27). The van der Waals surface area contributed by atoms with Gasteiger partial charge in [0.1, 0.15) is 11.6 Å². The van der Waals surface area contributed by atoms with Crippen LogP contribution in [0, 0.1) is 11.6 Å². The van der Waals surface area contributed by atoms with Crippen LogP contribution in [0.1, 0.15) is 12.0 Å². The van der Waals surface area contributed by atoms with Crippen LogP contribution in [-0.2, 0) is 17.9 Å². The summed E-state index contributed by atoms with van der Waals surface area (Å²) in [5, 5.41) is 7.35. The summed E-state index contributed by atoms with van der Waals surface area (Å²) >= 11 is 5.98. The van der Waals surface area contributed by atoms with Crippen LogP contribution in [0.5, 0.6) is 0 Å². The Kier molecular flexibility index (Phi) is 6.16. The van der Waals surface area contributed by atoms with Crippen LogP contribution in [0.4, 0.5) is 8.78 Å². The number of benzene rings is 2. The Morgan fingerprint density at radius 3 is 2.68 bits per heavy atom. The quantitative estimate of drug-likeness (QED) is 0.684. The minimum Gasteiger partial charge on any atom is -0.352 e. The molecule has 3 aromatic rings. The molecule has 144 valence electrons. The predicted molar refractivity (Wildman–Crippen MR) is 102 cm³/mol. The summed E-state index contributed by atoms with van der Waals surface area (Å²) in [6.07, 6.45) is -0.0191. The summed E-state index contributed by atoms with van der Waals surface area (Å²) in [7, 11) is 0. The van der Waals surface area contributed by atoms with Gasteiger partial charge in [-0.2, -0.15) is 5.10 Å². The number of hydrogen-bond acceptors (Lipinski definition) is 3. The Hall–Kier alpha value is -3.06. The molecule has 0 fully saturated rings. The third-order valence-corrected chi connectivity index (χ3v) is 4.26. The molecule has 8 heteroatoms. The summed E-state index contributed by atoms with van der Waals surface area (Å²) in [6, 6.07) is 13.1. The number of amides is 1. The van der Waals surface area contributed by atoms with Crippen molar-refractivity contribution >= 4 is 17.5 Å². The van der Waals surface area contributed by atoms with E-state index in [4.69, 9.17) is 11.6 Å². The fourth-order valence-electron chi connectivity index (χ4n) is 2.57. The largest absolute Gasteiger partial charge is 0.352 e. The zero-order valence-corrected chi connectivity index (χ0v) is 15.4. The highest BCUT2D eigenvalue weighted by molar-refractivity contribution is 6.30. The van der Waals surface area contributed by atoms with Gasteiger partial charge in [-0.05, 0) is 24.3 Å². The van der Waals surface area contributed by atoms with Crippen LogP contribution in [-0.4, -0.2) is 15.7 Å². The molecule has 0 aliphatic rings. The third kappa shape index (κ3) is 5.01. The molecular formula is C20H16ClF2N3O2. The smallest absolute Gasteiger partial charge is 0.266 e. The van der Waals surface area contributed by atoms with Crippen LogP contribution in [0.15, 0.2) is 59.4 Å². The molecule has 1 aromatic heterocycles. The average molecular weight is 404 g/mol. The van der Waals surface area contributed by atoms with Gasteiger partial charge in [0.05, 0.1) is 12.2 Å². The fraction of sp³-hybridized carbons (Fsp3) is 0.150. The van der Waals surface area contributed by atoms with Gasteiger partial charge in [0.2, 0.25) is 5.91 Å². The van der Waals surface area contributed by atoms with E-state index in [0.29, 0.717) is 10.7 Å². The van der Waals surface area contributed by atoms with Crippen LogP contribution in [0.25, 0.3) is 11.3 Å². The lowest BCUT2D eigenvalue weighted by atomic mass is 10.1. The highest BCUT2D eigenvalue weighted by atomic mass is 35.5. The van der Waals surface area contributed by atoms with Crippen LogP contribution in [0.2, 0.25) is 5.02 Å². The molecule has 1 heterocycles. The lowest BCUT2D eigenvalue weighted by Gasteiger charge is -2.09. The van der Waals surface area contributed by atoms with E-state index in [1.54, 1.807) is 24.3 Å². The van der Waals surface area contributed by atoms with E-state index in [1.165, 1.54) is 16.8 Å². The molecule has 0 aliphatic heterocycles. The Morgan fingerprint density at radius 1 is 1.11 bits per heavy atom. The molecule has 2 aromatic carbocycles. The second kappa shape index (κ2) is 8.75. The molecule has 1 N–H and O–H groups in total. The van der Waals surface area contributed by atoms with Crippen molar-refractivity contribution in [3.05, 3.63) is 87.2 Å². The summed E-state index contributed by atoms with van der Waals surface area (Å²) < 4.78 is 27.7. The van der Waals surface area contributed by atoms with Crippen molar-refractivity contribution in [3.63, 3.8) is 0 Å². The number of nitrogens with zero attached hydrogens (tertiary/aromatic N) is 2. The number of hydrogen-bond donors (Lipinski definition) is 1. The van der Waals surface area contributed by atoms with Gasteiger partial charge in [0, 0.05) is 41.2 Å². The van der Waals surface area contributed by atoms with Crippen molar-refractivity contribution in [1.29, 1.82) is 0 Å². The monoisotopic (exact) mass is 403 g/mol. The molecule has 0 saturated carbocycles. The number of rotatable bonds is 6. The Balaban J connectivity index is 1.63. The lowest BCUT2D eigenvalue weighted by Crippen LogP contribution is -2.28. The Morgan fingerprint density at radius 2 is 1.93 bits per heavy atom. The number of carbonyl (C=O) groups excluding carboxylic acids is 1. The van der Waals surface area contributed by atoms with Gasteiger partial charge in [0.15, 0.2) is 0 Å². The number of halogens is 3. The maximum Gasteiger partial charge on any atom is 0.266 e. The normalized spacial score (nSPS) is 10.7. The number of aryl methyl sites for hydroxylation is 1. The fourth-order valence-corrected chi connectivity index (χ4v) is 2.76. The zero-order chi connectivity index (χ0) is 20.1. The molecule has 0 atom stereocenters. The summed E-state index contributed by atoms with van der Waals surface area (Å²) in [6.45, 7) is -0.0131. The minimum absolute atomic E-state index is 0.0191. The molecule has 1 amide bonds. The first-order chi connectivity index (χ1) is 13.4. The molecule has 0 bridgehead atoms. The Bertz CT molecular complexity index is 1070. The number of aromatic nitrogens is 2. The summed E-state index contributed by atoms with van der Waals surface area (Å²) in [5.74, 6) is -1.80. The van der Waals surface area contributed by atoms with E-state index in [2.05, 4.69) is 10.4 Å². The lowest BCUT2D eigenvalue weighted by molar-refractivity contribution is -0.121. The highest BCUT2D eigenvalue weighted by Crippen LogP contribution is 2.19. The van der Waals surface area contributed by atoms with Gasteiger partial charge in [-0.1, -0.05) is 29.8 Å². The van der Waals surface area contributed by atoms with Gasteiger partial charge in [-0.3, -0.25) is 9.59 Å². The first-order valence-corrected chi connectivity index (χ1v) is 8.85. The van der Waals surface area contributed by atoms with E-state index in [1.807, 2.05) is 6.07 Å². The minimum atomic E-state index is -0.729. The van der Waals surface area contributed by atoms with Crippen molar-refractivity contribution < 1.29 is 13.6 Å². The predicted octanol–water partition coefficient (Wildman–Crippen LogP) is 3.55. The van der Waals surface area contributed by atoms with Crippen molar-refractivity contribution in [2.45, 2.75) is 19.5 Å². The molecule has 0 radical (unpaired) electrons. The molecule has 0 unspecified atom stereocenters. The van der Waals surface area contributed by atoms with Gasteiger partial charge >= 0.3 is 0 Å². The van der Waals surface area contributed by atoms with E-state index >= 15 is 0 Å². The zero-order valence-electron chi connectivity index (χ0n) is 14.7. The van der Waals surface area contributed by atoms with E-state index in [0.717, 1.165) is 17.7 Å². The number of nitrogens with one attached hydrogen (secondary N) is 1. The summed E-state index contributed by atoms with van der Waals surface area (Å²) in [4.78, 5) is 24.0. The van der Waals surface area contributed by atoms with Crippen LogP contribution < -0.4 is 10.9 Å². The van der Waals surface area contributed by atoms with Gasteiger partial charge in [-0.15, -0.1) is 0 Å². The number of carbonyl (C=O) groups is 1. The maximum atomic E-state index is 13.6. The third-order valence-electron chi connectivity index (χ3n) is 4.03. The van der Waals surface area contributed by atoms with Crippen LogP contribution in [0.3, 0.4) is 0 Å².